The second kappa shape index (κ2) is 2.92. The summed E-state index contributed by atoms with van der Waals surface area (Å²) in [5.41, 5.74) is 0. The maximum absolute atomic E-state index is 5.00. The Kier molecular flexibility index (Phi) is 1.91. The summed E-state index contributed by atoms with van der Waals surface area (Å²) in [5.74, 6) is 0.856. The monoisotopic (exact) mass is 120 g/mol. The van der Waals surface area contributed by atoms with Crippen molar-refractivity contribution in [1.82, 2.24) is 0 Å². The average Bonchev–Trinajstić information content (AvgIpc) is 2.34. The SMILES string of the molecule is C=CC=Cc1ccco1. The van der Waals surface area contributed by atoms with Gasteiger partial charge in [-0.1, -0.05) is 18.7 Å². The van der Waals surface area contributed by atoms with Crippen LogP contribution in [0.2, 0.25) is 0 Å². The minimum atomic E-state index is 0.856. The molecule has 1 heterocycles. The van der Waals surface area contributed by atoms with Crippen molar-refractivity contribution in [3.8, 4) is 0 Å². The predicted octanol–water partition coefficient (Wildman–Crippen LogP) is 2.48. The molecule has 46 valence electrons. The van der Waals surface area contributed by atoms with Gasteiger partial charge in [0.15, 0.2) is 0 Å². The van der Waals surface area contributed by atoms with Crippen LogP contribution < -0.4 is 0 Å². The first-order valence-corrected chi connectivity index (χ1v) is 2.76. The van der Waals surface area contributed by atoms with Crippen LogP contribution in [0.3, 0.4) is 0 Å². The van der Waals surface area contributed by atoms with Crippen LogP contribution in [0.25, 0.3) is 6.08 Å². The first-order valence-electron chi connectivity index (χ1n) is 2.76. The summed E-state index contributed by atoms with van der Waals surface area (Å²) in [4.78, 5) is 0. The summed E-state index contributed by atoms with van der Waals surface area (Å²) >= 11 is 0. The summed E-state index contributed by atoms with van der Waals surface area (Å²) in [6.07, 6.45) is 7.04. The normalized spacial score (nSPS) is 10.2. The van der Waals surface area contributed by atoms with Gasteiger partial charge in [-0.3, -0.25) is 0 Å². The number of hydrogen-bond donors (Lipinski definition) is 0. The van der Waals surface area contributed by atoms with E-state index in [1.54, 1.807) is 12.3 Å². The summed E-state index contributed by atoms with van der Waals surface area (Å²) in [6, 6.07) is 3.74. The molecule has 0 atom stereocenters. The van der Waals surface area contributed by atoms with E-state index in [9.17, 15) is 0 Å². The summed E-state index contributed by atoms with van der Waals surface area (Å²) < 4.78 is 5.00. The van der Waals surface area contributed by atoms with Crippen LogP contribution in [0, 0.1) is 0 Å². The Morgan fingerprint density at radius 3 is 3.00 bits per heavy atom. The van der Waals surface area contributed by atoms with Gasteiger partial charge in [0.25, 0.3) is 0 Å². The Morgan fingerprint density at radius 1 is 1.56 bits per heavy atom. The number of furan rings is 1. The molecule has 1 aromatic heterocycles. The zero-order valence-corrected chi connectivity index (χ0v) is 5.08. The molecule has 0 aliphatic heterocycles. The molecule has 0 aromatic carbocycles. The molecule has 1 aromatic rings. The van der Waals surface area contributed by atoms with E-state index in [0.29, 0.717) is 0 Å². The third-order valence-electron chi connectivity index (χ3n) is 0.940. The third kappa shape index (κ3) is 1.61. The summed E-state index contributed by atoms with van der Waals surface area (Å²) in [5, 5.41) is 0. The molecule has 0 amide bonds. The topological polar surface area (TPSA) is 13.1 Å². The molecule has 0 saturated heterocycles. The molecule has 0 radical (unpaired) electrons. The van der Waals surface area contributed by atoms with Gasteiger partial charge in [-0.25, -0.2) is 0 Å². The highest BCUT2D eigenvalue weighted by atomic mass is 16.3. The van der Waals surface area contributed by atoms with Gasteiger partial charge in [-0.2, -0.15) is 0 Å². The number of allylic oxidation sites excluding steroid dienone is 2. The van der Waals surface area contributed by atoms with Crippen LogP contribution in [-0.4, -0.2) is 0 Å². The van der Waals surface area contributed by atoms with Gasteiger partial charge in [-0.15, -0.1) is 0 Å². The lowest BCUT2D eigenvalue weighted by Gasteiger charge is -1.77. The van der Waals surface area contributed by atoms with Crippen LogP contribution in [-0.2, 0) is 0 Å². The van der Waals surface area contributed by atoms with Crippen molar-refractivity contribution in [3.05, 3.63) is 42.9 Å². The largest absolute Gasteiger partial charge is 0.465 e. The molecule has 9 heavy (non-hydrogen) atoms. The molecule has 0 aliphatic rings. The molecule has 0 spiro atoms. The van der Waals surface area contributed by atoms with Gasteiger partial charge < -0.3 is 4.42 Å². The van der Waals surface area contributed by atoms with Crippen LogP contribution in [0.15, 0.2) is 41.5 Å². The maximum atomic E-state index is 5.00. The lowest BCUT2D eigenvalue weighted by atomic mass is 10.4. The van der Waals surface area contributed by atoms with Gasteiger partial charge in [0.2, 0.25) is 0 Å². The quantitative estimate of drug-likeness (QED) is 0.546. The smallest absolute Gasteiger partial charge is 0.126 e. The minimum absolute atomic E-state index is 0.856. The van der Waals surface area contributed by atoms with Crippen LogP contribution in [0.1, 0.15) is 5.76 Å². The van der Waals surface area contributed by atoms with Gasteiger partial charge >= 0.3 is 0 Å². The van der Waals surface area contributed by atoms with Gasteiger partial charge in [0, 0.05) is 0 Å². The molecule has 0 N–H and O–H groups in total. The van der Waals surface area contributed by atoms with E-state index in [-0.39, 0.29) is 0 Å². The van der Waals surface area contributed by atoms with E-state index in [2.05, 4.69) is 6.58 Å². The summed E-state index contributed by atoms with van der Waals surface area (Å²) in [6.45, 7) is 3.53. The third-order valence-corrected chi connectivity index (χ3v) is 0.940. The number of rotatable bonds is 2. The lowest BCUT2D eigenvalue weighted by molar-refractivity contribution is 0.557. The molecule has 0 saturated carbocycles. The Balaban J connectivity index is 2.67. The minimum Gasteiger partial charge on any atom is -0.465 e. The molecule has 0 bridgehead atoms. The fraction of sp³-hybridized carbons (Fsp3) is 0. The van der Waals surface area contributed by atoms with Crippen molar-refractivity contribution in [3.63, 3.8) is 0 Å². The van der Waals surface area contributed by atoms with E-state index in [4.69, 9.17) is 4.42 Å². The Bertz CT molecular complexity index is 194. The van der Waals surface area contributed by atoms with Crippen molar-refractivity contribution < 1.29 is 4.42 Å². The molecular weight excluding hydrogens is 112 g/mol. The van der Waals surface area contributed by atoms with Crippen molar-refractivity contribution >= 4 is 6.08 Å². The fourth-order valence-electron chi connectivity index (χ4n) is 0.549. The zero-order chi connectivity index (χ0) is 6.53. The molecule has 1 nitrogen and oxygen atoms in total. The maximum Gasteiger partial charge on any atom is 0.126 e. The zero-order valence-electron chi connectivity index (χ0n) is 5.08. The van der Waals surface area contributed by atoms with Crippen LogP contribution in [0.4, 0.5) is 0 Å². The highest BCUT2D eigenvalue weighted by molar-refractivity contribution is 5.44. The molecule has 0 unspecified atom stereocenters. The van der Waals surface area contributed by atoms with Crippen molar-refractivity contribution in [1.29, 1.82) is 0 Å². The Morgan fingerprint density at radius 2 is 2.44 bits per heavy atom. The van der Waals surface area contributed by atoms with E-state index in [1.165, 1.54) is 0 Å². The number of hydrogen-bond acceptors (Lipinski definition) is 1. The standard InChI is InChI=1S/C8H8O/c1-2-3-5-8-6-4-7-9-8/h2-7H,1H2. The Hall–Kier alpha value is -1.24. The highest BCUT2D eigenvalue weighted by Crippen LogP contribution is 2.01. The average molecular weight is 120 g/mol. The lowest BCUT2D eigenvalue weighted by Crippen LogP contribution is -1.55. The Labute approximate surface area is 54.3 Å². The van der Waals surface area contributed by atoms with Gasteiger partial charge in [-0.05, 0) is 18.2 Å². The molecule has 1 rings (SSSR count). The fourth-order valence-corrected chi connectivity index (χ4v) is 0.549. The second-order valence-corrected chi connectivity index (χ2v) is 1.61. The molecule has 0 fully saturated rings. The van der Waals surface area contributed by atoms with Crippen molar-refractivity contribution in [2.24, 2.45) is 0 Å². The van der Waals surface area contributed by atoms with Gasteiger partial charge in [0.1, 0.15) is 5.76 Å². The van der Waals surface area contributed by atoms with Crippen LogP contribution in [0.5, 0.6) is 0 Å². The van der Waals surface area contributed by atoms with E-state index in [0.717, 1.165) is 5.76 Å². The second-order valence-electron chi connectivity index (χ2n) is 1.61. The van der Waals surface area contributed by atoms with Crippen molar-refractivity contribution in [2.45, 2.75) is 0 Å². The first-order chi connectivity index (χ1) is 4.43. The highest BCUT2D eigenvalue weighted by Gasteiger charge is 1.82. The van der Waals surface area contributed by atoms with E-state index in [1.807, 2.05) is 24.3 Å². The van der Waals surface area contributed by atoms with Gasteiger partial charge in [0.05, 0.1) is 6.26 Å². The van der Waals surface area contributed by atoms with E-state index >= 15 is 0 Å². The van der Waals surface area contributed by atoms with Crippen LogP contribution >= 0.6 is 0 Å². The van der Waals surface area contributed by atoms with E-state index < -0.39 is 0 Å². The molecule has 0 aliphatic carbocycles. The molecule has 1 heteroatoms. The summed E-state index contributed by atoms with van der Waals surface area (Å²) in [7, 11) is 0. The molecular formula is C8H8O. The predicted molar refractivity (Wildman–Crippen MR) is 37.9 cm³/mol. The first kappa shape index (κ1) is 5.89. The van der Waals surface area contributed by atoms with Crippen molar-refractivity contribution in [2.75, 3.05) is 0 Å².